The Kier molecular flexibility index (Phi) is 7.10. The first-order valence-corrected chi connectivity index (χ1v) is 8.26. The van der Waals surface area contributed by atoms with E-state index in [1.54, 1.807) is 0 Å². The molecule has 78 valence electrons. The van der Waals surface area contributed by atoms with Crippen molar-refractivity contribution in [2.75, 3.05) is 0 Å². The van der Waals surface area contributed by atoms with E-state index in [4.69, 9.17) is 0 Å². The summed E-state index contributed by atoms with van der Waals surface area (Å²) in [6.45, 7) is 2.24. The molecule has 0 heterocycles. The standard InChI is InChI=1S/C14H16Te/c1-2-3-12-15-13-8-7-11-14-9-5-4-6-10-14/h4-6,8-10,13H,2-3,12H2,1H3/b13-8-. The van der Waals surface area contributed by atoms with Crippen molar-refractivity contribution in [2.24, 2.45) is 0 Å². The van der Waals surface area contributed by atoms with E-state index in [9.17, 15) is 0 Å². The number of benzene rings is 1. The van der Waals surface area contributed by atoms with E-state index in [0.29, 0.717) is 0 Å². The Bertz CT molecular complexity index is 341. The van der Waals surface area contributed by atoms with E-state index >= 15 is 0 Å². The van der Waals surface area contributed by atoms with Crippen LogP contribution in [0.1, 0.15) is 25.3 Å². The van der Waals surface area contributed by atoms with Gasteiger partial charge >= 0.3 is 103 Å². The van der Waals surface area contributed by atoms with Gasteiger partial charge in [0.05, 0.1) is 0 Å². The summed E-state index contributed by atoms with van der Waals surface area (Å²) in [6.07, 6.45) is 4.71. The van der Waals surface area contributed by atoms with Gasteiger partial charge in [-0.15, -0.1) is 0 Å². The number of hydrogen-bond acceptors (Lipinski definition) is 0. The predicted molar refractivity (Wildman–Crippen MR) is 67.9 cm³/mol. The summed E-state index contributed by atoms with van der Waals surface area (Å²) >= 11 is 0.0896. The van der Waals surface area contributed by atoms with Crippen molar-refractivity contribution < 1.29 is 0 Å². The average molecular weight is 312 g/mol. The molecule has 1 rings (SSSR count). The first-order chi connectivity index (χ1) is 7.43. The Labute approximate surface area is 103 Å². The normalized spacial score (nSPS) is 9.93. The van der Waals surface area contributed by atoms with Crippen LogP contribution in [0.2, 0.25) is 4.47 Å². The third-order valence-electron chi connectivity index (χ3n) is 1.85. The van der Waals surface area contributed by atoms with E-state index in [2.05, 4.69) is 22.9 Å². The van der Waals surface area contributed by atoms with Crippen molar-refractivity contribution in [3.63, 3.8) is 0 Å². The van der Waals surface area contributed by atoms with Gasteiger partial charge in [-0.3, -0.25) is 0 Å². The van der Waals surface area contributed by atoms with Crippen LogP contribution in [0.25, 0.3) is 0 Å². The third kappa shape index (κ3) is 6.40. The molecule has 1 aromatic carbocycles. The van der Waals surface area contributed by atoms with Crippen molar-refractivity contribution in [3.05, 3.63) is 46.1 Å². The maximum atomic E-state index is 3.12. The quantitative estimate of drug-likeness (QED) is 0.454. The van der Waals surface area contributed by atoms with Crippen LogP contribution in [-0.2, 0) is 0 Å². The molecule has 0 amide bonds. The Morgan fingerprint density at radius 1 is 1.27 bits per heavy atom. The third-order valence-corrected chi connectivity index (χ3v) is 4.29. The van der Waals surface area contributed by atoms with E-state index in [1.807, 2.05) is 36.4 Å². The molecule has 0 aliphatic rings. The van der Waals surface area contributed by atoms with Gasteiger partial charge < -0.3 is 0 Å². The van der Waals surface area contributed by atoms with Crippen LogP contribution >= 0.6 is 0 Å². The van der Waals surface area contributed by atoms with Crippen LogP contribution in [0.3, 0.4) is 0 Å². The fourth-order valence-corrected chi connectivity index (χ4v) is 3.18. The second-order valence-corrected chi connectivity index (χ2v) is 6.06. The first kappa shape index (κ1) is 12.4. The zero-order valence-electron chi connectivity index (χ0n) is 9.07. The summed E-state index contributed by atoms with van der Waals surface area (Å²) < 4.78 is 3.70. The zero-order valence-corrected chi connectivity index (χ0v) is 11.4. The summed E-state index contributed by atoms with van der Waals surface area (Å²) in [5.41, 5.74) is 1.09. The van der Waals surface area contributed by atoms with Gasteiger partial charge in [0.2, 0.25) is 0 Å². The molecule has 0 aromatic heterocycles. The minimum absolute atomic E-state index is 0.0896. The topological polar surface area (TPSA) is 0 Å². The van der Waals surface area contributed by atoms with Gasteiger partial charge in [-0.25, -0.2) is 0 Å². The van der Waals surface area contributed by atoms with Crippen molar-refractivity contribution in [1.29, 1.82) is 0 Å². The Morgan fingerprint density at radius 2 is 2.07 bits per heavy atom. The molecular weight excluding hydrogens is 296 g/mol. The van der Waals surface area contributed by atoms with Crippen LogP contribution < -0.4 is 0 Å². The van der Waals surface area contributed by atoms with Crippen LogP contribution in [0.4, 0.5) is 0 Å². The van der Waals surface area contributed by atoms with E-state index in [1.165, 1.54) is 17.3 Å². The molecule has 1 aromatic rings. The number of rotatable bonds is 4. The summed E-state index contributed by atoms with van der Waals surface area (Å²) in [6, 6.07) is 10.1. The molecular formula is C14H16Te. The van der Waals surface area contributed by atoms with Gasteiger partial charge in [-0.2, -0.15) is 0 Å². The number of allylic oxidation sites excluding steroid dienone is 1. The first-order valence-electron chi connectivity index (χ1n) is 5.26. The second kappa shape index (κ2) is 8.60. The molecule has 15 heavy (non-hydrogen) atoms. The molecule has 0 N–H and O–H groups in total. The van der Waals surface area contributed by atoms with E-state index in [0.717, 1.165) is 5.56 Å². The van der Waals surface area contributed by atoms with Gasteiger partial charge in [0.1, 0.15) is 0 Å². The number of hydrogen-bond donors (Lipinski definition) is 0. The van der Waals surface area contributed by atoms with Crippen LogP contribution in [-0.4, -0.2) is 20.9 Å². The Hall–Kier alpha value is -0.690. The molecule has 0 saturated carbocycles. The molecule has 0 aliphatic heterocycles. The van der Waals surface area contributed by atoms with Crippen molar-refractivity contribution in [1.82, 2.24) is 0 Å². The summed E-state index contributed by atoms with van der Waals surface area (Å²) in [7, 11) is 0. The molecule has 0 aliphatic carbocycles. The minimum atomic E-state index is 0.0896. The Morgan fingerprint density at radius 3 is 2.80 bits per heavy atom. The van der Waals surface area contributed by atoms with Crippen molar-refractivity contribution in [3.8, 4) is 11.8 Å². The SMILES string of the molecule is CCCC[Te]/C=C\C#Cc1ccccc1. The molecule has 0 unspecified atom stereocenters. The fraction of sp³-hybridized carbons (Fsp3) is 0.286. The molecule has 0 saturated heterocycles. The molecule has 0 fully saturated rings. The van der Waals surface area contributed by atoms with Crippen LogP contribution in [0.5, 0.6) is 0 Å². The molecule has 1 heteroatoms. The Balaban J connectivity index is 2.28. The zero-order chi connectivity index (χ0) is 10.8. The van der Waals surface area contributed by atoms with Gasteiger partial charge in [-0.05, 0) is 0 Å². The predicted octanol–water partition coefficient (Wildman–Crippen LogP) is 3.47. The second-order valence-electron chi connectivity index (χ2n) is 3.16. The van der Waals surface area contributed by atoms with Crippen molar-refractivity contribution >= 4 is 20.9 Å². The van der Waals surface area contributed by atoms with E-state index in [-0.39, 0.29) is 20.9 Å². The van der Waals surface area contributed by atoms with Crippen molar-refractivity contribution in [2.45, 2.75) is 24.2 Å². The number of unbranched alkanes of at least 4 members (excludes halogenated alkanes) is 1. The monoisotopic (exact) mass is 314 g/mol. The summed E-state index contributed by atoms with van der Waals surface area (Å²) in [5, 5.41) is 0. The molecule has 0 spiro atoms. The van der Waals surface area contributed by atoms with Gasteiger partial charge in [0, 0.05) is 0 Å². The van der Waals surface area contributed by atoms with Crippen LogP contribution in [0, 0.1) is 11.8 Å². The molecule has 0 atom stereocenters. The van der Waals surface area contributed by atoms with Gasteiger partial charge in [-0.1, -0.05) is 0 Å². The summed E-state index contributed by atoms with van der Waals surface area (Å²) in [5.74, 6) is 6.20. The van der Waals surface area contributed by atoms with E-state index < -0.39 is 0 Å². The summed E-state index contributed by atoms with van der Waals surface area (Å²) in [4.78, 5) is 0. The molecule has 0 nitrogen and oxygen atoms in total. The maximum absolute atomic E-state index is 3.12. The van der Waals surface area contributed by atoms with Crippen LogP contribution in [0.15, 0.2) is 40.5 Å². The fourth-order valence-electron chi connectivity index (χ4n) is 1.02. The van der Waals surface area contributed by atoms with Gasteiger partial charge in [0.25, 0.3) is 0 Å². The average Bonchev–Trinajstić information content (AvgIpc) is 2.29. The molecule has 0 bridgehead atoms. The van der Waals surface area contributed by atoms with Gasteiger partial charge in [0.15, 0.2) is 0 Å². The molecule has 0 radical (unpaired) electrons.